The molecule has 0 unspecified atom stereocenters. The molecule has 1 aliphatic rings. The van der Waals surface area contributed by atoms with Gasteiger partial charge in [0.25, 0.3) is 5.91 Å². The summed E-state index contributed by atoms with van der Waals surface area (Å²) < 4.78 is 0. The maximum atomic E-state index is 12.6. The predicted octanol–water partition coefficient (Wildman–Crippen LogP) is 1.66. The minimum Gasteiger partial charge on any atom is -0.354 e. The van der Waals surface area contributed by atoms with Crippen molar-refractivity contribution in [2.75, 3.05) is 42.9 Å². The molecule has 3 rings (SSSR count). The molecule has 0 aliphatic carbocycles. The molecule has 1 saturated heterocycles. The van der Waals surface area contributed by atoms with Gasteiger partial charge in [-0.2, -0.15) is 0 Å². The van der Waals surface area contributed by atoms with Crippen LogP contribution >= 0.6 is 0 Å². The van der Waals surface area contributed by atoms with Crippen molar-refractivity contribution >= 4 is 17.7 Å². The van der Waals surface area contributed by atoms with Gasteiger partial charge in [-0.1, -0.05) is 13.0 Å². The van der Waals surface area contributed by atoms with Gasteiger partial charge >= 0.3 is 0 Å². The Labute approximate surface area is 141 Å². The largest absolute Gasteiger partial charge is 0.354 e. The van der Waals surface area contributed by atoms with Crippen LogP contribution in [0.25, 0.3) is 0 Å². The molecule has 24 heavy (non-hydrogen) atoms. The van der Waals surface area contributed by atoms with Crippen LogP contribution in [0.5, 0.6) is 0 Å². The fourth-order valence-electron chi connectivity index (χ4n) is 2.64. The van der Waals surface area contributed by atoms with E-state index >= 15 is 0 Å². The molecule has 0 spiro atoms. The number of amides is 1. The molecule has 1 amide bonds. The average Bonchev–Trinajstić information content (AvgIpc) is 2.67. The summed E-state index contributed by atoms with van der Waals surface area (Å²) in [5.41, 5.74) is 0.440. The Balaban J connectivity index is 1.61. The first-order chi connectivity index (χ1) is 11.8. The van der Waals surface area contributed by atoms with Crippen LogP contribution in [0, 0.1) is 0 Å². The van der Waals surface area contributed by atoms with Gasteiger partial charge in [-0.05, 0) is 24.6 Å². The van der Waals surface area contributed by atoms with Crippen molar-refractivity contribution in [1.29, 1.82) is 0 Å². The Bertz CT molecular complexity index is 670. The Morgan fingerprint density at radius 1 is 1.12 bits per heavy atom. The third-order valence-corrected chi connectivity index (χ3v) is 3.95. The normalized spacial score (nSPS) is 14.5. The van der Waals surface area contributed by atoms with Crippen LogP contribution in [0.2, 0.25) is 0 Å². The maximum Gasteiger partial charge on any atom is 0.272 e. The van der Waals surface area contributed by atoms with Crippen LogP contribution < -0.4 is 10.2 Å². The summed E-state index contributed by atoms with van der Waals surface area (Å²) in [6, 6.07) is 7.55. The van der Waals surface area contributed by atoms with E-state index in [1.54, 1.807) is 18.5 Å². The van der Waals surface area contributed by atoms with Crippen LogP contribution in [-0.4, -0.2) is 58.5 Å². The quantitative estimate of drug-likeness (QED) is 0.901. The molecule has 1 fully saturated rings. The van der Waals surface area contributed by atoms with Crippen LogP contribution in [0.15, 0.2) is 36.7 Å². The van der Waals surface area contributed by atoms with Gasteiger partial charge in [-0.15, -0.1) is 0 Å². The smallest absolute Gasteiger partial charge is 0.272 e. The number of rotatable bonds is 5. The Morgan fingerprint density at radius 3 is 2.67 bits per heavy atom. The zero-order valence-corrected chi connectivity index (χ0v) is 13.9. The molecule has 7 nitrogen and oxygen atoms in total. The summed E-state index contributed by atoms with van der Waals surface area (Å²) in [7, 11) is 0. The molecule has 0 atom stereocenters. The van der Waals surface area contributed by atoms with Crippen molar-refractivity contribution in [2.24, 2.45) is 0 Å². The number of hydrogen-bond acceptors (Lipinski definition) is 6. The number of carbonyl (C=O) groups is 1. The lowest BCUT2D eigenvalue weighted by Gasteiger charge is -2.35. The molecule has 0 radical (unpaired) electrons. The van der Waals surface area contributed by atoms with Crippen LogP contribution in [-0.2, 0) is 0 Å². The van der Waals surface area contributed by atoms with E-state index in [2.05, 4.69) is 32.1 Å². The Hall–Kier alpha value is -2.70. The van der Waals surface area contributed by atoms with Gasteiger partial charge < -0.3 is 15.1 Å². The topological polar surface area (TPSA) is 74.2 Å². The number of pyridine rings is 1. The molecule has 1 aliphatic heterocycles. The fourth-order valence-corrected chi connectivity index (χ4v) is 2.64. The lowest BCUT2D eigenvalue weighted by molar-refractivity contribution is 0.0740. The van der Waals surface area contributed by atoms with E-state index in [4.69, 9.17) is 0 Å². The number of piperazine rings is 1. The van der Waals surface area contributed by atoms with E-state index in [1.807, 2.05) is 23.1 Å². The highest BCUT2D eigenvalue weighted by Gasteiger charge is 2.23. The fraction of sp³-hybridized carbons (Fsp3) is 0.412. The summed E-state index contributed by atoms with van der Waals surface area (Å²) in [6.45, 7) is 5.74. The average molecular weight is 326 g/mol. The predicted molar refractivity (Wildman–Crippen MR) is 93.2 cm³/mol. The van der Waals surface area contributed by atoms with Gasteiger partial charge in [0.15, 0.2) is 0 Å². The molecule has 0 saturated carbocycles. The summed E-state index contributed by atoms with van der Waals surface area (Å²) in [4.78, 5) is 29.5. The third kappa shape index (κ3) is 3.79. The summed E-state index contributed by atoms with van der Waals surface area (Å²) in [5, 5.41) is 3.11. The Kier molecular flexibility index (Phi) is 5.20. The lowest BCUT2D eigenvalue weighted by atomic mass is 10.2. The molecule has 126 valence electrons. The number of aromatic nitrogens is 3. The van der Waals surface area contributed by atoms with Gasteiger partial charge in [-0.3, -0.25) is 4.79 Å². The number of hydrogen-bond donors (Lipinski definition) is 1. The lowest BCUT2D eigenvalue weighted by Crippen LogP contribution is -2.49. The first-order valence-corrected chi connectivity index (χ1v) is 8.30. The maximum absolute atomic E-state index is 12.6. The van der Waals surface area contributed by atoms with Gasteiger partial charge in [0.1, 0.15) is 11.5 Å². The highest BCUT2D eigenvalue weighted by molar-refractivity contribution is 5.92. The van der Waals surface area contributed by atoms with Crippen molar-refractivity contribution in [1.82, 2.24) is 19.9 Å². The van der Waals surface area contributed by atoms with Crippen molar-refractivity contribution in [3.8, 4) is 0 Å². The second-order valence-electron chi connectivity index (χ2n) is 5.66. The van der Waals surface area contributed by atoms with Gasteiger partial charge in [0.05, 0.1) is 0 Å². The van der Waals surface area contributed by atoms with Crippen molar-refractivity contribution in [3.05, 3.63) is 42.4 Å². The zero-order chi connectivity index (χ0) is 16.8. The molecular formula is C17H22N6O. The van der Waals surface area contributed by atoms with E-state index in [1.165, 1.54) is 0 Å². The third-order valence-electron chi connectivity index (χ3n) is 3.95. The molecule has 2 aromatic rings. The number of anilines is 2. The highest BCUT2D eigenvalue weighted by atomic mass is 16.2. The molecular weight excluding hydrogens is 304 g/mol. The van der Waals surface area contributed by atoms with Crippen LogP contribution in [0.1, 0.15) is 23.8 Å². The van der Waals surface area contributed by atoms with Crippen molar-refractivity contribution < 1.29 is 4.79 Å². The molecule has 0 bridgehead atoms. The van der Waals surface area contributed by atoms with Crippen LogP contribution in [0.4, 0.5) is 11.8 Å². The number of carbonyl (C=O) groups excluding carboxylic acids is 1. The molecule has 7 heteroatoms. The van der Waals surface area contributed by atoms with E-state index in [9.17, 15) is 4.79 Å². The monoisotopic (exact) mass is 326 g/mol. The first-order valence-electron chi connectivity index (χ1n) is 8.30. The zero-order valence-electron chi connectivity index (χ0n) is 13.9. The van der Waals surface area contributed by atoms with Crippen molar-refractivity contribution in [3.63, 3.8) is 0 Å². The summed E-state index contributed by atoms with van der Waals surface area (Å²) in [6.07, 6.45) is 4.40. The molecule has 0 aromatic carbocycles. The van der Waals surface area contributed by atoms with Gasteiger partial charge in [-0.25, -0.2) is 15.0 Å². The second kappa shape index (κ2) is 7.72. The molecule has 2 aromatic heterocycles. The van der Waals surface area contributed by atoms with E-state index in [-0.39, 0.29) is 5.91 Å². The van der Waals surface area contributed by atoms with E-state index < -0.39 is 0 Å². The van der Waals surface area contributed by atoms with Crippen molar-refractivity contribution in [2.45, 2.75) is 13.3 Å². The minimum atomic E-state index is -0.0439. The highest BCUT2D eigenvalue weighted by Crippen LogP contribution is 2.14. The summed E-state index contributed by atoms with van der Waals surface area (Å²) in [5.74, 6) is 1.42. The first kappa shape index (κ1) is 16.2. The SMILES string of the molecule is CCCNc1nccc(C(=O)N2CCN(c3ccccn3)CC2)n1. The van der Waals surface area contributed by atoms with Gasteiger partial charge in [0.2, 0.25) is 5.95 Å². The second-order valence-corrected chi connectivity index (χ2v) is 5.66. The summed E-state index contributed by atoms with van der Waals surface area (Å²) >= 11 is 0. The Morgan fingerprint density at radius 2 is 1.96 bits per heavy atom. The minimum absolute atomic E-state index is 0.0439. The number of nitrogens with one attached hydrogen (secondary N) is 1. The van der Waals surface area contributed by atoms with E-state index in [0.717, 1.165) is 31.9 Å². The molecule has 3 heterocycles. The van der Waals surface area contributed by atoms with Crippen LogP contribution in [0.3, 0.4) is 0 Å². The van der Waals surface area contributed by atoms with E-state index in [0.29, 0.717) is 24.7 Å². The molecule has 1 N–H and O–H groups in total. The number of nitrogens with zero attached hydrogens (tertiary/aromatic N) is 5. The standard InChI is InChI=1S/C17H22N6O/c1-2-7-19-17-20-9-6-14(21-17)16(24)23-12-10-22(11-13-23)15-5-3-4-8-18-15/h3-6,8-9H,2,7,10-13H2,1H3,(H,19,20,21). The van der Waals surface area contributed by atoms with Gasteiger partial charge in [0, 0.05) is 45.1 Å².